The van der Waals surface area contributed by atoms with Crippen molar-refractivity contribution in [2.45, 2.75) is 32.4 Å². The number of amides is 1. The number of hydrogen-bond donors (Lipinski definition) is 2. The second-order valence-corrected chi connectivity index (χ2v) is 6.39. The highest BCUT2D eigenvalue weighted by molar-refractivity contribution is 14.0. The molecular formula is C20H26IN5O. The number of aliphatic imine (C=N–C) groups is 1. The van der Waals surface area contributed by atoms with Crippen molar-refractivity contribution >= 4 is 35.8 Å². The summed E-state index contributed by atoms with van der Waals surface area (Å²) in [6.45, 7) is 2.68. The van der Waals surface area contributed by atoms with Crippen LogP contribution in [0.4, 0.5) is 0 Å². The van der Waals surface area contributed by atoms with Crippen LogP contribution in [0.5, 0.6) is 0 Å². The summed E-state index contributed by atoms with van der Waals surface area (Å²) >= 11 is 0. The molecule has 144 valence electrons. The fourth-order valence-electron chi connectivity index (χ4n) is 3.02. The van der Waals surface area contributed by atoms with E-state index >= 15 is 0 Å². The topological polar surface area (TPSA) is 83.6 Å². The third kappa shape index (κ3) is 6.50. The fourth-order valence-corrected chi connectivity index (χ4v) is 3.02. The van der Waals surface area contributed by atoms with Gasteiger partial charge in [0, 0.05) is 50.9 Å². The number of fused-ring (bicyclic) bond motifs is 1. The molecule has 1 amide bonds. The van der Waals surface area contributed by atoms with E-state index < -0.39 is 0 Å². The molecule has 0 saturated heterocycles. The lowest BCUT2D eigenvalue weighted by molar-refractivity contribution is -0.131. The van der Waals surface area contributed by atoms with E-state index in [1.807, 2.05) is 35.2 Å². The van der Waals surface area contributed by atoms with Gasteiger partial charge in [-0.3, -0.25) is 14.8 Å². The van der Waals surface area contributed by atoms with Crippen LogP contribution in [0, 0.1) is 0 Å². The molecule has 0 atom stereocenters. The predicted molar refractivity (Wildman–Crippen MR) is 118 cm³/mol. The molecule has 2 heterocycles. The van der Waals surface area contributed by atoms with Gasteiger partial charge in [-0.15, -0.1) is 24.0 Å². The Morgan fingerprint density at radius 3 is 2.52 bits per heavy atom. The first-order valence-electron chi connectivity index (χ1n) is 9.00. The van der Waals surface area contributed by atoms with E-state index in [1.54, 1.807) is 6.20 Å². The largest absolute Gasteiger partial charge is 0.370 e. The number of pyridine rings is 1. The van der Waals surface area contributed by atoms with Crippen molar-refractivity contribution in [1.82, 2.24) is 15.2 Å². The third-order valence-corrected chi connectivity index (χ3v) is 4.44. The Kier molecular flexibility index (Phi) is 8.50. The molecule has 2 aromatic rings. The van der Waals surface area contributed by atoms with Crippen molar-refractivity contribution in [3.05, 3.63) is 65.5 Å². The number of aromatic nitrogens is 1. The fraction of sp³-hybridized carbons (Fsp3) is 0.350. The lowest BCUT2D eigenvalue weighted by Crippen LogP contribution is -2.33. The number of guanidine groups is 1. The van der Waals surface area contributed by atoms with Crippen LogP contribution < -0.4 is 11.1 Å². The van der Waals surface area contributed by atoms with Gasteiger partial charge >= 0.3 is 0 Å². The van der Waals surface area contributed by atoms with Gasteiger partial charge in [0.25, 0.3) is 0 Å². The van der Waals surface area contributed by atoms with Crippen molar-refractivity contribution in [2.24, 2.45) is 10.7 Å². The number of nitrogens with one attached hydrogen (secondary N) is 1. The molecule has 1 aliphatic heterocycles. The van der Waals surface area contributed by atoms with Crippen LogP contribution in [0.1, 0.15) is 29.7 Å². The maximum atomic E-state index is 12.3. The number of benzene rings is 1. The summed E-state index contributed by atoms with van der Waals surface area (Å²) in [5.74, 6) is 0.597. The zero-order valence-corrected chi connectivity index (χ0v) is 17.6. The lowest BCUT2D eigenvalue weighted by Gasteiger charge is -2.14. The Morgan fingerprint density at radius 1 is 1.15 bits per heavy atom. The summed E-state index contributed by atoms with van der Waals surface area (Å²) in [5.41, 5.74) is 9.38. The van der Waals surface area contributed by atoms with Crippen LogP contribution in [0.3, 0.4) is 0 Å². The number of carbonyl (C=O) groups is 1. The van der Waals surface area contributed by atoms with E-state index in [-0.39, 0.29) is 29.9 Å². The van der Waals surface area contributed by atoms with Crippen LogP contribution in [-0.4, -0.2) is 34.8 Å². The van der Waals surface area contributed by atoms with Gasteiger partial charge < -0.3 is 16.0 Å². The Labute approximate surface area is 177 Å². The molecule has 7 heteroatoms. The van der Waals surface area contributed by atoms with Gasteiger partial charge in [-0.2, -0.15) is 0 Å². The average molecular weight is 479 g/mol. The Bertz CT molecular complexity index is 741. The van der Waals surface area contributed by atoms with Crippen molar-refractivity contribution < 1.29 is 4.79 Å². The Balaban J connectivity index is 0.00000261. The molecule has 0 aliphatic carbocycles. The Morgan fingerprint density at radius 2 is 1.85 bits per heavy atom. The van der Waals surface area contributed by atoms with Crippen molar-refractivity contribution in [2.75, 3.05) is 13.1 Å². The quantitative estimate of drug-likeness (QED) is 0.277. The molecule has 0 saturated carbocycles. The summed E-state index contributed by atoms with van der Waals surface area (Å²) in [4.78, 5) is 22.8. The molecule has 0 fully saturated rings. The minimum absolute atomic E-state index is 0. The summed E-state index contributed by atoms with van der Waals surface area (Å²) < 4.78 is 0. The second kappa shape index (κ2) is 10.9. The molecule has 3 rings (SSSR count). The number of rotatable bonds is 7. The van der Waals surface area contributed by atoms with E-state index in [0.29, 0.717) is 31.9 Å². The monoisotopic (exact) mass is 479 g/mol. The van der Waals surface area contributed by atoms with Gasteiger partial charge in [-0.1, -0.05) is 30.3 Å². The first-order valence-corrected chi connectivity index (χ1v) is 9.00. The summed E-state index contributed by atoms with van der Waals surface area (Å²) in [6.07, 6.45) is 3.78. The van der Waals surface area contributed by atoms with Crippen LogP contribution in [0.2, 0.25) is 0 Å². The van der Waals surface area contributed by atoms with Gasteiger partial charge in [-0.25, -0.2) is 0 Å². The normalized spacial score (nSPS) is 13.0. The lowest BCUT2D eigenvalue weighted by atomic mass is 10.1. The molecule has 27 heavy (non-hydrogen) atoms. The highest BCUT2D eigenvalue weighted by Gasteiger charge is 2.21. The highest BCUT2D eigenvalue weighted by Crippen LogP contribution is 2.22. The molecule has 1 aromatic carbocycles. The van der Waals surface area contributed by atoms with Gasteiger partial charge in [0.1, 0.15) is 0 Å². The molecule has 0 bridgehead atoms. The SMILES string of the molecule is I.NC(=NCCCC(=O)N1Cc2ccccc2C1)NCCc1ccccn1. The average Bonchev–Trinajstić information content (AvgIpc) is 3.10. The van der Waals surface area contributed by atoms with Crippen molar-refractivity contribution in [3.63, 3.8) is 0 Å². The number of carbonyl (C=O) groups excluding carboxylic acids is 1. The zero-order chi connectivity index (χ0) is 18.2. The van der Waals surface area contributed by atoms with Crippen molar-refractivity contribution in [1.29, 1.82) is 0 Å². The molecule has 0 radical (unpaired) electrons. The van der Waals surface area contributed by atoms with E-state index in [1.165, 1.54) is 11.1 Å². The standard InChI is InChI=1S/C20H25N5O.HI/c21-20(24-13-10-18-8-3-4-11-22-18)23-12-5-9-19(26)25-14-16-6-1-2-7-17(16)15-25;/h1-4,6-8,11H,5,9-10,12-15H2,(H3,21,23,24);1H. The smallest absolute Gasteiger partial charge is 0.223 e. The summed E-state index contributed by atoms with van der Waals surface area (Å²) in [7, 11) is 0. The molecule has 0 unspecified atom stereocenters. The maximum absolute atomic E-state index is 12.3. The maximum Gasteiger partial charge on any atom is 0.223 e. The summed E-state index contributed by atoms with van der Waals surface area (Å²) in [6, 6.07) is 14.1. The van der Waals surface area contributed by atoms with Crippen LogP contribution in [-0.2, 0) is 24.3 Å². The first kappa shape index (κ1) is 21.1. The number of nitrogens with two attached hydrogens (primary N) is 1. The van der Waals surface area contributed by atoms with E-state index in [0.717, 1.165) is 25.2 Å². The molecule has 0 spiro atoms. The van der Waals surface area contributed by atoms with Crippen molar-refractivity contribution in [3.8, 4) is 0 Å². The number of nitrogens with zero attached hydrogens (tertiary/aromatic N) is 3. The minimum atomic E-state index is 0. The van der Waals surface area contributed by atoms with E-state index in [9.17, 15) is 4.79 Å². The predicted octanol–water partition coefficient (Wildman–Crippen LogP) is 2.47. The molecular weight excluding hydrogens is 453 g/mol. The second-order valence-electron chi connectivity index (χ2n) is 6.39. The number of hydrogen-bond acceptors (Lipinski definition) is 3. The third-order valence-electron chi connectivity index (χ3n) is 4.44. The Hall–Kier alpha value is -2.16. The van der Waals surface area contributed by atoms with Gasteiger partial charge in [0.15, 0.2) is 5.96 Å². The molecule has 1 aromatic heterocycles. The molecule has 1 aliphatic rings. The zero-order valence-electron chi connectivity index (χ0n) is 15.3. The van der Waals surface area contributed by atoms with Crippen LogP contribution >= 0.6 is 24.0 Å². The summed E-state index contributed by atoms with van der Waals surface area (Å²) in [5, 5.41) is 3.08. The molecule has 3 N–H and O–H groups in total. The van der Waals surface area contributed by atoms with Crippen LogP contribution in [0.15, 0.2) is 53.7 Å². The minimum Gasteiger partial charge on any atom is -0.370 e. The van der Waals surface area contributed by atoms with Crippen LogP contribution in [0.25, 0.3) is 0 Å². The van der Waals surface area contributed by atoms with Gasteiger partial charge in [0.05, 0.1) is 0 Å². The van der Waals surface area contributed by atoms with E-state index in [4.69, 9.17) is 5.73 Å². The van der Waals surface area contributed by atoms with Gasteiger partial charge in [0.2, 0.25) is 5.91 Å². The van der Waals surface area contributed by atoms with Gasteiger partial charge in [-0.05, 0) is 29.7 Å². The molecule has 6 nitrogen and oxygen atoms in total. The van der Waals surface area contributed by atoms with E-state index in [2.05, 4.69) is 27.4 Å². The number of halogens is 1. The first-order chi connectivity index (χ1) is 12.7. The highest BCUT2D eigenvalue weighted by atomic mass is 127.